The number of hydrogen-bond donors (Lipinski definition) is 2. The Morgan fingerprint density at radius 3 is 2.52 bits per heavy atom. The number of hydrogen-bond acceptors (Lipinski definition) is 2. The molecule has 0 radical (unpaired) electrons. The Labute approximate surface area is 152 Å². The third-order valence-electron chi connectivity index (χ3n) is 4.55. The SMILES string of the molecule is Cc1c(Cl)cccc1NC(=O)C1CC1C(=O)NCCc1ccccc1. The lowest BCUT2D eigenvalue weighted by Gasteiger charge is -2.09. The fourth-order valence-corrected chi connectivity index (χ4v) is 3.02. The van der Waals surface area contributed by atoms with Crippen molar-refractivity contribution in [2.24, 2.45) is 11.8 Å². The molecule has 1 saturated carbocycles. The summed E-state index contributed by atoms with van der Waals surface area (Å²) in [6, 6.07) is 15.4. The quantitative estimate of drug-likeness (QED) is 0.831. The van der Waals surface area contributed by atoms with Crippen molar-refractivity contribution < 1.29 is 9.59 Å². The maximum Gasteiger partial charge on any atom is 0.228 e. The zero-order valence-electron chi connectivity index (χ0n) is 14.1. The average molecular weight is 357 g/mol. The van der Waals surface area contributed by atoms with Gasteiger partial charge < -0.3 is 10.6 Å². The highest BCUT2D eigenvalue weighted by Gasteiger charge is 2.47. The molecule has 2 N–H and O–H groups in total. The standard InChI is InChI=1S/C20H21ClN2O2/c1-13-17(21)8-5-9-18(13)23-20(25)16-12-15(16)19(24)22-11-10-14-6-3-2-4-7-14/h2-9,15-16H,10-12H2,1H3,(H,22,24)(H,23,25). The minimum absolute atomic E-state index is 0.0427. The topological polar surface area (TPSA) is 58.2 Å². The second-order valence-electron chi connectivity index (χ2n) is 6.38. The molecule has 2 amide bonds. The molecule has 3 rings (SSSR count). The van der Waals surface area contributed by atoms with E-state index >= 15 is 0 Å². The van der Waals surface area contributed by atoms with E-state index in [0.717, 1.165) is 12.0 Å². The summed E-state index contributed by atoms with van der Waals surface area (Å²) in [6.07, 6.45) is 1.39. The monoisotopic (exact) mass is 356 g/mol. The van der Waals surface area contributed by atoms with Crippen LogP contribution in [-0.4, -0.2) is 18.4 Å². The molecule has 5 heteroatoms. The van der Waals surface area contributed by atoms with Crippen molar-refractivity contribution in [1.29, 1.82) is 0 Å². The molecule has 4 nitrogen and oxygen atoms in total. The Bertz CT molecular complexity index is 777. The summed E-state index contributed by atoms with van der Waals surface area (Å²) in [4.78, 5) is 24.5. The van der Waals surface area contributed by atoms with E-state index in [9.17, 15) is 9.59 Å². The fraction of sp³-hybridized carbons (Fsp3) is 0.300. The van der Waals surface area contributed by atoms with Crippen LogP contribution >= 0.6 is 11.6 Å². The van der Waals surface area contributed by atoms with Crippen LogP contribution in [0.5, 0.6) is 0 Å². The maximum atomic E-state index is 12.3. The Morgan fingerprint density at radius 2 is 1.76 bits per heavy atom. The molecule has 0 spiro atoms. The summed E-state index contributed by atoms with van der Waals surface area (Å²) in [5.74, 6) is -0.641. The second-order valence-corrected chi connectivity index (χ2v) is 6.78. The van der Waals surface area contributed by atoms with Gasteiger partial charge in [0, 0.05) is 17.3 Å². The predicted octanol–water partition coefficient (Wildman–Crippen LogP) is 3.58. The van der Waals surface area contributed by atoms with Gasteiger partial charge in [0.05, 0.1) is 11.8 Å². The molecule has 2 atom stereocenters. The lowest BCUT2D eigenvalue weighted by molar-refractivity contribution is -0.125. The molecular formula is C20H21ClN2O2. The molecule has 0 saturated heterocycles. The molecule has 2 aromatic carbocycles. The Hall–Kier alpha value is -2.33. The van der Waals surface area contributed by atoms with Crippen molar-refractivity contribution in [2.45, 2.75) is 19.8 Å². The third kappa shape index (κ3) is 4.40. The zero-order valence-corrected chi connectivity index (χ0v) is 14.8. The Balaban J connectivity index is 1.46. The molecule has 1 aliphatic carbocycles. The van der Waals surface area contributed by atoms with E-state index in [1.54, 1.807) is 12.1 Å². The van der Waals surface area contributed by atoms with Crippen molar-refractivity contribution in [3.63, 3.8) is 0 Å². The minimum atomic E-state index is -0.255. The molecular weight excluding hydrogens is 336 g/mol. The van der Waals surface area contributed by atoms with Gasteiger partial charge in [0.1, 0.15) is 0 Å². The van der Waals surface area contributed by atoms with E-state index in [-0.39, 0.29) is 23.7 Å². The van der Waals surface area contributed by atoms with Crippen molar-refractivity contribution in [3.8, 4) is 0 Å². The smallest absolute Gasteiger partial charge is 0.228 e. The van der Waals surface area contributed by atoms with Gasteiger partial charge >= 0.3 is 0 Å². The van der Waals surface area contributed by atoms with E-state index in [1.807, 2.05) is 43.3 Å². The van der Waals surface area contributed by atoms with Crippen LogP contribution in [0.4, 0.5) is 5.69 Å². The van der Waals surface area contributed by atoms with Crippen LogP contribution in [0.15, 0.2) is 48.5 Å². The van der Waals surface area contributed by atoms with Crippen LogP contribution in [0.3, 0.4) is 0 Å². The molecule has 130 valence electrons. The highest BCUT2D eigenvalue weighted by Crippen LogP contribution is 2.39. The summed E-state index contributed by atoms with van der Waals surface area (Å²) in [6.45, 7) is 2.44. The van der Waals surface area contributed by atoms with Crippen LogP contribution in [0.25, 0.3) is 0 Å². The van der Waals surface area contributed by atoms with Gasteiger partial charge in [-0.05, 0) is 43.0 Å². The van der Waals surface area contributed by atoms with Gasteiger partial charge in [-0.2, -0.15) is 0 Å². The lowest BCUT2D eigenvalue weighted by Crippen LogP contribution is -2.29. The molecule has 1 fully saturated rings. The summed E-state index contributed by atoms with van der Waals surface area (Å²) in [5, 5.41) is 6.41. The lowest BCUT2D eigenvalue weighted by atomic mass is 10.1. The van der Waals surface area contributed by atoms with Crippen LogP contribution in [0.1, 0.15) is 17.5 Å². The summed E-state index contributed by atoms with van der Waals surface area (Å²) >= 11 is 6.06. The largest absolute Gasteiger partial charge is 0.356 e. The van der Waals surface area contributed by atoms with Crippen molar-refractivity contribution in [1.82, 2.24) is 5.32 Å². The van der Waals surface area contributed by atoms with Gasteiger partial charge in [0.25, 0.3) is 0 Å². The molecule has 2 unspecified atom stereocenters. The molecule has 1 aliphatic rings. The molecule has 0 heterocycles. The van der Waals surface area contributed by atoms with E-state index in [4.69, 9.17) is 11.6 Å². The summed E-state index contributed by atoms with van der Waals surface area (Å²) in [7, 11) is 0. The number of carbonyl (C=O) groups excluding carboxylic acids is 2. The van der Waals surface area contributed by atoms with Gasteiger partial charge in [0.15, 0.2) is 0 Å². The molecule has 0 aliphatic heterocycles. The van der Waals surface area contributed by atoms with Crippen LogP contribution < -0.4 is 10.6 Å². The number of halogens is 1. The van der Waals surface area contributed by atoms with Gasteiger partial charge in [-0.1, -0.05) is 48.0 Å². The van der Waals surface area contributed by atoms with Gasteiger partial charge in [0.2, 0.25) is 11.8 Å². The Kier molecular flexibility index (Phi) is 5.39. The van der Waals surface area contributed by atoms with Crippen LogP contribution in [0, 0.1) is 18.8 Å². The first-order chi connectivity index (χ1) is 12.1. The number of nitrogens with one attached hydrogen (secondary N) is 2. The van der Waals surface area contributed by atoms with E-state index in [2.05, 4.69) is 10.6 Å². The van der Waals surface area contributed by atoms with E-state index in [1.165, 1.54) is 5.56 Å². The fourth-order valence-electron chi connectivity index (χ4n) is 2.85. The molecule has 25 heavy (non-hydrogen) atoms. The highest BCUT2D eigenvalue weighted by molar-refractivity contribution is 6.31. The second kappa shape index (κ2) is 7.70. The van der Waals surface area contributed by atoms with E-state index in [0.29, 0.717) is 23.7 Å². The summed E-state index contributed by atoms with van der Waals surface area (Å²) < 4.78 is 0. The van der Waals surface area contributed by atoms with Gasteiger partial charge in [-0.15, -0.1) is 0 Å². The normalized spacial score (nSPS) is 18.5. The van der Waals surface area contributed by atoms with Crippen LogP contribution in [0.2, 0.25) is 5.02 Å². The first-order valence-corrected chi connectivity index (χ1v) is 8.81. The van der Waals surface area contributed by atoms with Crippen molar-refractivity contribution in [2.75, 3.05) is 11.9 Å². The zero-order chi connectivity index (χ0) is 17.8. The minimum Gasteiger partial charge on any atom is -0.356 e. The number of amides is 2. The molecule has 2 aromatic rings. The number of benzene rings is 2. The number of rotatable bonds is 6. The molecule has 0 bridgehead atoms. The highest BCUT2D eigenvalue weighted by atomic mass is 35.5. The van der Waals surface area contributed by atoms with E-state index < -0.39 is 0 Å². The Morgan fingerprint density at radius 1 is 1.04 bits per heavy atom. The first kappa shape index (κ1) is 17.5. The average Bonchev–Trinajstić information content (AvgIpc) is 3.41. The van der Waals surface area contributed by atoms with Gasteiger partial charge in [-0.3, -0.25) is 9.59 Å². The summed E-state index contributed by atoms with van der Waals surface area (Å²) in [5.41, 5.74) is 2.72. The predicted molar refractivity (Wildman–Crippen MR) is 99.6 cm³/mol. The third-order valence-corrected chi connectivity index (χ3v) is 4.95. The molecule has 0 aromatic heterocycles. The van der Waals surface area contributed by atoms with Gasteiger partial charge in [-0.25, -0.2) is 0 Å². The van der Waals surface area contributed by atoms with Crippen molar-refractivity contribution in [3.05, 3.63) is 64.7 Å². The number of carbonyl (C=O) groups is 2. The first-order valence-electron chi connectivity index (χ1n) is 8.44. The maximum absolute atomic E-state index is 12.3. The van der Waals surface area contributed by atoms with Crippen LogP contribution in [-0.2, 0) is 16.0 Å². The number of anilines is 1. The van der Waals surface area contributed by atoms with Crippen molar-refractivity contribution >= 4 is 29.1 Å².